The summed E-state index contributed by atoms with van der Waals surface area (Å²) in [5, 5.41) is 11.4. The molecule has 156 valence electrons. The van der Waals surface area contributed by atoms with Gasteiger partial charge in [-0.25, -0.2) is 8.42 Å². The van der Waals surface area contributed by atoms with E-state index in [2.05, 4.69) is 25.1 Å². The monoisotopic (exact) mass is 425 g/mol. The molecule has 1 aromatic heterocycles. The highest BCUT2D eigenvalue weighted by Gasteiger charge is 2.15. The third kappa shape index (κ3) is 4.87. The summed E-state index contributed by atoms with van der Waals surface area (Å²) in [6.07, 6.45) is 1.74. The fourth-order valence-electron chi connectivity index (χ4n) is 3.18. The molecular formula is C21H23N5O3S. The van der Waals surface area contributed by atoms with Crippen molar-refractivity contribution in [3.8, 4) is 0 Å². The standard InChI is InChI=1S/C21H23N5O3S/c1-16-3-2-4-20(13-16)30(27,28)25-18-7-5-17(6-8-18)23-21-14-19(15-22-24-21)26-9-11-29-12-10-26/h2-8,13-15,25H,9-12H2,1H3,(H,23,24). The Kier molecular flexibility index (Phi) is 5.82. The van der Waals surface area contributed by atoms with Gasteiger partial charge >= 0.3 is 0 Å². The fraction of sp³-hybridized carbons (Fsp3) is 0.238. The molecule has 2 N–H and O–H groups in total. The number of ether oxygens (including phenoxy) is 1. The van der Waals surface area contributed by atoms with Gasteiger partial charge in [-0.1, -0.05) is 12.1 Å². The van der Waals surface area contributed by atoms with Gasteiger partial charge in [0.1, 0.15) is 0 Å². The van der Waals surface area contributed by atoms with Crippen LogP contribution in [0.3, 0.4) is 0 Å². The zero-order valence-electron chi connectivity index (χ0n) is 16.6. The van der Waals surface area contributed by atoms with Crippen LogP contribution < -0.4 is 14.9 Å². The molecule has 0 saturated carbocycles. The maximum absolute atomic E-state index is 12.6. The van der Waals surface area contributed by atoms with E-state index in [1.54, 1.807) is 48.7 Å². The number of anilines is 4. The number of morpholine rings is 1. The number of rotatable bonds is 6. The minimum Gasteiger partial charge on any atom is -0.378 e. The van der Waals surface area contributed by atoms with E-state index in [4.69, 9.17) is 4.74 Å². The van der Waals surface area contributed by atoms with Crippen LogP contribution in [0.1, 0.15) is 5.56 Å². The lowest BCUT2D eigenvalue weighted by Gasteiger charge is -2.28. The predicted molar refractivity (Wildman–Crippen MR) is 117 cm³/mol. The third-order valence-electron chi connectivity index (χ3n) is 4.73. The molecule has 4 rings (SSSR count). The first kappa shape index (κ1) is 20.1. The van der Waals surface area contributed by atoms with Gasteiger partial charge in [0.2, 0.25) is 0 Å². The number of hydrogen-bond donors (Lipinski definition) is 2. The molecule has 1 aliphatic rings. The van der Waals surface area contributed by atoms with Crippen molar-refractivity contribution >= 4 is 32.9 Å². The number of aryl methyl sites for hydroxylation is 1. The van der Waals surface area contributed by atoms with Crippen LogP contribution in [0.15, 0.2) is 65.7 Å². The molecule has 8 nitrogen and oxygen atoms in total. The van der Waals surface area contributed by atoms with Crippen LogP contribution >= 0.6 is 0 Å². The van der Waals surface area contributed by atoms with E-state index in [9.17, 15) is 8.42 Å². The normalized spacial score (nSPS) is 14.4. The van der Waals surface area contributed by atoms with Gasteiger partial charge in [-0.05, 0) is 48.9 Å². The van der Waals surface area contributed by atoms with Gasteiger partial charge < -0.3 is 15.0 Å². The van der Waals surface area contributed by atoms with Crippen molar-refractivity contribution < 1.29 is 13.2 Å². The van der Waals surface area contributed by atoms with Crippen LogP contribution in [0.4, 0.5) is 22.9 Å². The molecule has 1 saturated heterocycles. The molecule has 0 unspecified atom stereocenters. The Hall–Kier alpha value is -3.17. The summed E-state index contributed by atoms with van der Waals surface area (Å²) in [6, 6.07) is 15.7. The maximum atomic E-state index is 12.6. The van der Waals surface area contributed by atoms with Gasteiger partial charge in [-0.3, -0.25) is 4.72 Å². The zero-order valence-corrected chi connectivity index (χ0v) is 17.4. The second kappa shape index (κ2) is 8.68. The predicted octanol–water partition coefficient (Wildman–Crippen LogP) is 3.17. The van der Waals surface area contributed by atoms with Crippen LogP contribution in [0.2, 0.25) is 0 Å². The smallest absolute Gasteiger partial charge is 0.261 e. The number of sulfonamides is 1. The zero-order chi connectivity index (χ0) is 21.0. The summed E-state index contributed by atoms with van der Waals surface area (Å²) in [6.45, 7) is 4.90. The Labute approximate surface area is 176 Å². The lowest BCUT2D eigenvalue weighted by Crippen LogP contribution is -2.36. The Morgan fingerprint density at radius 1 is 1.00 bits per heavy atom. The number of aromatic nitrogens is 2. The van der Waals surface area contributed by atoms with Crippen molar-refractivity contribution in [1.82, 2.24) is 10.2 Å². The highest BCUT2D eigenvalue weighted by Crippen LogP contribution is 2.23. The van der Waals surface area contributed by atoms with Gasteiger partial charge in [0.25, 0.3) is 10.0 Å². The van der Waals surface area contributed by atoms with Crippen molar-refractivity contribution in [1.29, 1.82) is 0 Å². The van der Waals surface area contributed by atoms with Crippen LogP contribution in [0, 0.1) is 6.92 Å². The topological polar surface area (TPSA) is 96.5 Å². The first-order valence-corrected chi connectivity index (χ1v) is 11.1. The van der Waals surface area contributed by atoms with E-state index >= 15 is 0 Å². The Bertz CT molecular complexity index is 1110. The highest BCUT2D eigenvalue weighted by molar-refractivity contribution is 7.92. The van der Waals surface area contributed by atoms with Gasteiger partial charge in [-0.15, -0.1) is 5.10 Å². The van der Waals surface area contributed by atoms with Crippen LogP contribution in [0.5, 0.6) is 0 Å². The Morgan fingerprint density at radius 3 is 2.47 bits per heavy atom. The molecule has 2 heterocycles. The summed E-state index contributed by atoms with van der Waals surface area (Å²) in [4.78, 5) is 2.44. The summed E-state index contributed by atoms with van der Waals surface area (Å²) < 4.78 is 33.1. The average Bonchev–Trinajstić information content (AvgIpc) is 2.76. The largest absolute Gasteiger partial charge is 0.378 e. The molecule has 0 radical (unpaired) electrons. The Morgan fingerprint density at radius 2 is 1.73 bits per heavy atom. The molecule has 9 heteroatoms. The van der Waals surface area contributed by atoms with Gasteiger partial charge in [-0.2, -0.15) is 5.10 Å². The SMILES string of the molecule is Cc1cccc(S(=O)(=O)Nc2ccc(Nc3cc(N4CCOCC4)cnn3)cc2)c1. The van der Waals surface area contributed by atoms with Gasteiger partial charge in [0.15, 0.2) is 5.82 Å². The van der Waals surface area contributed by atoms with E-state index < -0.39 is 10.0 Å². The second-order valence-corrected chi connectivity index (χ2v) is 8.71. The molecule has 0 bridgehead atoms. The van der Waals surface area contributed by atoms with Crippen LogP contribution in [-0.4, -0.2) is 44.9 Å². The van der Waals surface area contributed by atoms with Gasteiger partial charge in [0.05, 0.1) is 30.0 Å². The summed E-state index contributed by atoms with van der Waals surface area (Å²) in [5.41, 5.74) is 3.13. The summed E-state index contributed by atoms with van der Waals surface area (Å²) >= 11 is 0. The number of nitrogens with one attached hydrogen (secondary N) is 2. The Balaban J connectivity index is 1.44. The molecule has 0 aliphatic carbocycles. The molecule has 1 fully saturated rings. The summed E-state index contributed by atoms with van der Waals surface area (Å²) in [5.74, 6) is 0.618. The number of benzene rings is 2. The number of hydrogen-bond acceptors (Lipinski definition) is 7. The number of nitrogens with zero attached hydrogens (tertiary/aromatic N) is 3. The van der Waals surface area contributed by atoms with Crippen molar-refractivity contribution in [3.63, 3.8) is 0 Å². The van der Waals surface area contributed by atoms with E-state index in [1.165, 1.54) is 0 Å². The first-order chi connectivity index (χ1) is 14.5. The summed E-state index contributed by atoms with van der Waals surface area (Å²) in [7, 11) is -3.63. The average molecular weight is 426 g/mol. The van der Waals surface area contributed by atoms with Crippen LogP contribution in [0.25, 0.3) is 0 Å². The molecule has 0 atom stereocenters. The van der Waals surface area contributed by atoms with Gasteiger partial charge in [0, 0.05) is 30.5 Å². The molecule has 0 spiro atoms. The third-order valence-corrected chi connectivity index (χ3v) is 6.10. The molecule has 1 aliphatic heterocycles. The van der Waals surface area contributed by atoms with Crippen molar-refractivity contribution in [2.24, 2.45) is 0 Å². The first-order valence-electron chi connectivity index (χ1n) is 9.62. The minimum atomic E-state index is -3.63. The molecule has 3 aromatic rings. The van der Waals surface area contributed by atoms with Crippen molar-refractivity contribution in [2.75, 3.05) is 41.2 Å². The van der Waals surface area contributed by atoms with Crippen molar-refractivity contribution in [3.05, 3.63) is 66.4 Å². The van der Waals surface area contributed by atoms with E-state index in [0.29, 0.717) is 24.7 Å². The van der Waals surface area contributed by atoms with E-state index in [0.717, 1.165) is 30.0 Å². The molecule has 0 amide bonds. The lowest BCUT2D eigenvalue weighted by molar-refractivity contribution is 0.122. The van der Waals surface area contributed by atoms with Crippen LogP contribution in [-0.2, 0) is 14.8 Å². The quantitative estimate of drug-likeness (QED) is 0.626. The highest BCUT2D eigenvalue weighted by atomic mass is 32.2. The molecule has 30 heavy (non-hydrogen) atoms. The van der Waals surface area contributed by atoms with E-state index in [-0.39, 0.29) is 4.90 Å². The minimum absolute atomic E-state index is 0.236. The lowest BCUT2D eigenvalue weighted by atomic mass is 10.2. The van der Waals surface area contributed by atoms with Crippen molar-refractivity contribution in [2.45, 2.75) is 11.8 Å². The molecular weight excluding hydrogens is 402 g/mol. The molecule has 2 aromatic carbocycles. The fourth-order valence-corrected chi connectivity index (χ4v) is 4.34. The maximum Gasteiger partial charge on any atom is 0.261 e. The van der Waals surface area contributed by atoms with E-state index in [1.807, 2.05) is 19.1 Å². The second-order valence-electron chi connectivity index (χ2n) is 7.02.